The summed E-state index contributed by atoms with van der Waals surface area (Å²) in [5.74, 6) is -0.854. The van der Waals surface area contributed by atoms with E-state index in [-0.39, 0.29) is 12.8 Å². The van der Waals surface area contributed by atoms with Crippen LogP contribution in [0.3, 0.4) is 0 Å². The number of rotatable bonds is 0. The van der Waals surface area contributed by atoms with Crippen molar-refractivity contribution in [3.05, 3.63) is 0 Å². The van der Waals surface area contributed by atoms with Crippen molar-refractivity contribution in [3.63, 3.8) is 0 Å². The van der Waals surface area contributed by atoms with Crippen molar-refractivity contribution >= 4 is 5.78 Å². The molecule has 0 unspecified atom stereocenters. The third-order valence-corrected chi connectivity index (χ3v) is 0.767. The van der Waals surface area contributed by atoms with Crippen LogP contribution in [-0.2, 0) is 4.79 Å². The van der Waals surface area contributed by atoms with Gasteiger partial charge in [-0.15, -0.1) is 0 Å². The van der Waals surface area contributed by atoms with Crippen LogP contribution in [-0.4, -0.2) is 5.78 Å². The van der Waals surface area contributed by atoms with Crippen LogP contribution in [0.15, 0.2) is 0 Å². The molecule has 0 radical (unpaired) electrons. The van der Waals surface area contributed by atoms with Gasteiger partial charge in [0.15, 0.2) is 0 Å². The second-order valence-corrected chi connectivity index (χ2v) is 1.35. The SMILES string of the molecule is [2H]C1([2H])CCC(=O)C([2H])([2H])C1([2H])[2H]. The van der Waals surface area contributed by atoms with Crippen molar-refractivity contribution in [2.24, 2.45) is 0 Å². The number of Topliss-reactive ketones (excluding diaryl/α,β-unsaturated/α-hetero) is 1. The Morgan fingerprint density at radius 3 is 3.14 bits per heavy atom. The molecule has 0 atom stereocenters. The Labute approximate surface area is 52.1 Å². The van der Waals surface area contributed by atoms with Crippen molar-refractivity contribution in [1.82, 2.24) is 0 Å². The second-order valence-electron chi connectivity index (χ2n) is 1.35. The molecule has 1 saturated carbocycles. The lowest BCUT2D eigenvalue weighted by atomic mass is 10.00. The first-order valence-corrected chi connectivity index (χ1v) is 2.16. The van der Waals surface area contributed by atoms with E-state index in [2.05, 4.69) is 0 Å². The van der Waals surface area contributed by atoms with Gasteiger partial charge in [-0.2, -0.15) is 0 Å². The Hall–Kier alpha value is -0.330. The highest BCUT2D eigenvalue weighted by Gasteiger charge is 2.05. The molecule has 0 aromatic heterocycles. The zero-order valence-corrected chi connectivity index (χ0v) is 3.82. The lowest BCUT2D eigenvalue weighted by molar-refractivity contribution is -0.120. The van der Waals surface area contributed by atoms with Crippen molar-refractivity contribution in [2.75, 3.05) is 0 Å². The first-order valence-electron chi connectivity index (χ1n) is 5.16. The number of carbonyl (C=O) groups is 1. The van der Waals surface area contributed by atoms with E-state index in [4.69, 9.17) is 8.22 Å². The van der Waals surface area contributed by atoms with Crippen molar-refractivity contribution < 1.29 is 13.0 Å². The van der Waals surface area contributed by atoms with E-state index in [1.165, 1.54) is 0 Å². The lowest BCUT2D eigenvalue weighted by Gasteiger charge is -2.05. The number of hydrogen-bond acceptors (Lipinski definition) is 1. The van der Waals surface area contributed by atoms with Gasteiger partial charge in [-0.25, -0.2) is 0 Å². The Morgan fingerprint density at radius 2 is 2.43 bits per heavy atom. The molecule has 7 heavy (non-hydrogen) atoms. The predicted octanol–water partition coefficient (Wildman–Crippen LogP) is 1.52. The predicted molar refractivity (Wildman–Crippen MR) is 28.1 cm³/mol. The number of carbonyl (C=O) groups excluding carboxylic acids is 1. The molecular weight excluding hydrogens is 88.1 g/mol. The van der Waals surface area contributed by atoms with Gasteiger partial charge in [-0.3, -0.25) is 4.79 Å². The zero-order chi connectivity index (χ0) is 10.5. The topological polar surface area (TPSA) is 17.1 Å². The molecule has 0 heterocycles. The lowest BCUT2D eigenvalue weighted by Crippen LogP contribution is -2.02. The number of hydrogen-bond donors (Lipinski definition) is 0. The second kappa shape index (κ2) is 2.10. The molecule has 1 fully saturated rings. The summed E-state index contributed by atoms with van der Waals surface area (Å²) in [6.07, 6.45) is -8.22. The maximum absolute atomic E-state index is 11.0. The van der Waals surface area contributed by atoms with Gasteiger partial charge in [-0.1, -0.05) is 6.37 Å². The van der Waals surface area contributed by atoms with E-state index in [0.717, 1.165) is 0 Å². The third-order valence-electron chi connectivity index (χ3n) is 0.767. The first kappa shape index (κ1) is 1.34. The summed E-state index contributed by atoms with van der Waals surface area (Å²) in [7, 11) is 0. The largest absolute Gasteiger partial charge is 0.300 e. The molecule has 40 valence electrons. The van der Waals surface area contributed by atoms with E-state index < -0.39 is 24.9 Å². The fourth-order valence-electron chi connectivity index (χ4n) is 0.415. The van der Waals surface area contributed by atoms with Crippen molar-refractivity contribution in [1.29, 1.82) is 0 Å². The molecule has 0 N–H and O–H groups in total. The van der Waals surface area contributed by atoms with Gasteiger partial charge in [0.25, 0.3) is 0 Å². The fourth-order valence-corrected chi connectivity index (χ4v) is 0.415. The van der Waals surface area contributed by atoms with Gasteiger partial charge in [0.2, 0.25) is 0 Å². The molecule has 0 spiro atoms. The standard InChI is InChI=1S/C6H10O/c7-6-4-2-1-3-5-6/h1-5H2/i1D2,2D2,4D2. The maximum atomic E-state index is 11.0. The summed E-state index contributed by atoms with van der Waals surface area (Å²) < 4.78 is 43.4. The summed E-state index contributed by atoms with van der Waals surface area (Å²) in [6, 6.07) is 0. The van der Waals surface area contributed by atoms with Crippen LogP contribution in [0.2, 0.25) is 0 Å². The summed E-state index contributed by atoms with van der Waals surface area (Å²) in [6.45, 7) is 0. The molecule has 1 rings (SSSR count). The zero-order valence-electron chi connectivity index (χ0n) is 9.82. The van der Waals surface area contributed by atoms with Gasteiger partial charge in [0.05, 0.1) is 0 Å². The fraction of sp³-hybridized carbons (Fsp3) is 0.833. The molecule has 1 aliphatic carbocycles. The van der Waals surface area contributed by atoms with Gasteiger partial charge in [0, 0.05) is 21.0 Å². The van der Waals surface area contributed by atoms with E-state index in [9.17, 15) is 4.79 Å². The summed E-state index contributed by atoms with van der Waals surface area (Å²) >= 11 is 0. The highest BCUT2D eigenvalue weighted by atomic mass is 16.1. The van der Waals surface area contributed by atoms with Crippen LogP contribution in [0.25, 0.3) is 0 Å². The average molecular weight is 104 g/mol. The summed E-state index contributed by atoms with van der Waals surface area (Å²) in [5.41, 5.74) is 0. The molecule has 1 heteroatoms. The third kappa shape index (κ3) is 1.30. The molecule has 0 amide bonds. The van der Waals surface area contributed by atoms with E-state index in [0.29, 0.717) is 0 Å². The minimum atomic E-state index is -2.74. The molecular formula is C6H10O. The average Bonchev–Trinajstić information content (AvgIpc) is 1.97. The molecule has 0 aromatic rings. The molecule has 0 bridgehead atoms. The van der Waals surface area contributed by atoms with Gasteiger partial charge in [-0.05, 0) is 12.8 Å². The van der Waals surface area contributed by atoms with Crippen molar-refractivity contribution in [3.8, 4) is 0 Å². The quantitative estimate of drug-likeness (QED) is 0.455. The Kier molecular flexibility index (Phi) is 0.401. The van der Waals surface area contributed by atoms with Crippen LogP contribution >= 0.6 is 0 Å². The van der Waals surface area contributed by atoms with E-state index in [1.807, 2.05) is 0 Å². The van der Waals surface area contributed by atoms with Crippen LogP contribution in [0.4, 0.5) is 0 Å². The smallest absolute Gasteiger partial charge is 0.132 e. The summed E-state index contributed by atoms with van der Waals surface area (Å²) in [4.78, 5) is 11.0. The Bertz CT molecular complexity index is 246. The summed E-state index contributed by atoms with van der Waals surface area (Å²) in [5, 5.41) is 0. The van der Waals surface area contributed by atoms with Crippen LogP contribution in [0.5, 0.6) is 0 Å². The minimum absolute atomic E-state index is 0.237. The highest BCUT2D eigenvalue weighted by Crippen LogP contribution is 2.12. The first-order chi connectivity index (χ1) is 5.63. The Balaban J connectivity index is 3.14. The number of ketones is 1. The van der Waals surface area contributed by atoms with Gasteiger partial charge >= 0.3 is 0 Å². The molecule has 1 nitrogen and oxygen atoms in total. The highest BCUT2D eigenvalue weighted by molar-refractivity contribution is 5.78. The molecule has 0 saturated heterocycles. The van der Waals surface area contributed by atoms with Gasteiger partial charge in [0.1, 0.15) is 5.78 Å². The Morgan fingerprint density at radius 1 is 1.57 bits per heavy atom. The van der Waals surface area contributed by atoms with Crippen LogP contribution < -0.4 is 0 Å². The maximum Gasteiger partial charge on any atom is 0.132 e. The molecule has 0 aromatic carbocycles. The monoisotopic (exact) mass is 104 g/mol. The minimum Gasteiger partial charge on any atom is -0.300 e. The van der Waals surface area contributed by atoms with Crippen LogP contribution in [0.1, 0.15) is 40.2 Å². The molecule has 1 aliphatic rings. The molecule has 0 aliphatic heterocycles. The normalized spacial score (nSPS) is 56.9. The van der Waals surface area contributed by atoms with E-state index >= 15 is 0 Å². The van der Waals surface area contributed by atoms with Crippen LogP contribution in [0, 0.1) is 0 Å². The van der Waals surface area contributed by atoms with Crippen molar-refractivity contribution in [2.45, 2.75) is 32.0 Å². The van der Waals surface area contributed by atoms with E-state index in [1.54, 1.807) is 0 Å². The van der Waals surface area contributed by atoms with Gasteiger partial charge < -0.3 is 0 Å².